The molecule has 1 amide bonds. The minimum Gasteiger partial charge on any atom is -0.348 e. The summed E-state index contributed by atoms with van der Waals surface area (Å²) < 4.78 is 26.3. The molecule has 0 heterocycles. The lowest BCUT2D eigenvalue weighted by Crippen LogP contribution is -2.40. The molecule has 0 aromatic heterocycles. The summed E-state index contributed by atoms with van der Waals surface area (Å²) in [7, 11) is -2.42. The number of likely N-dealkylation sites (N-methyl/N-ethyl adjacent to an activating group) is 1. The van der Waals surface area contributed by atoms with Gasteiger partial charge in [0.05, 0.1) is 29.1 Å². The Morgan fingerprint density at radius 2 is 1.81 bits per heavy atom. The molecule has 0 unspecified atom stereocenters. The molecule has 1 atom stereocenters. The highest BCUT2D eigenvalue weighted by molar-refractivity contribution is 7.89. The third-order valence-electron chi connectivity index (χ3n) is 4.63. The number of nitriles is 1. The molecule has 2 aromatic carbocycles. The molecule has 3 rings (SSSR count). The molecule has 0 aliphatic heterocycles. The second-order valence-electron chi connectivity index (χ2n) is 6.69. The molecule has 0 saturated heterocycles. The largest absolute Gasteiger partial charge is 0.348 e. The topological polar surface area (TPSA) is 90.3 Å². The van der Waals surface area contributed by atoms with Crippen molar-refractivity contribution in [2.24, 2.45) is 5.92 Å². The van der Waals surface area contributed by atoms with Crippen molar-refractivity contribution in [2.75, 3.05) is 13.6 Å². The summed E-state index contributed by atoms with van der Waals surface area (Å²) in [6.07, 6.45) is 2.11. The summed E-state index contributed by atoms with van der Waals surface area (Å²) in [6, 6.07) is 17.2. The Bertz CT molecular complexity index is 946. The summed E-state index contributed by atoms with van der Waals surface area (Å²) in [4.78, 5) is 12.5. The Morgan fingerprint density at radius 1 is 1.19 bits per heavy atom. The van der Waals surface area contributed by atoms with E-state index in [1.54, 1.807) is 0 Å². The fourth-order valence-corrected chi connectivity index (χ4v) is 4.08. The van der Waals surface area contributed by atoms with E-state index in [1.165, 1.54) is 31.3 Å². The van der Waals surface area contributed by atoms with Gasteiger partial charge in [-0.25, -0.2) is 8.42 Å². The van der Waals surface area contributed by atoms with Gasteiger partial charge in [0.1, 0.15) is 0 Å². The quantitative estimate of drug-likeness (QED) is 0.795. The molecule has 27 heavy (non-hydrogen) atoms. The average Bonchev–Trinajstić information content (AvgIpc) is 3.52. The fourth-order valence-electron chi connectivity index (χ4n) is 2.95. The average molecular weight is 383 g/mol. The lowest BCUT2D eigenvalue weighted by atomic mass is 10.0. The smallest absolute Gasteiger partial charge is 0.243 e. The van der Waals surface area contributed by atoms with Crippen molar-refractivity contribution < 1.29 is 13.2 Å². The number of carbonyl (C=O) groups excluding carboxylic acids is 1. The zero-order chi connectivity index (χ0) is 19.4. The molecule has 0 radical (unpaired) electrons. The number of carbonyl (C=O) groups is 1. The number of hydrogen-bond donors (Lipinski definition) is 1. The molecule has 0 bridgehead atoms. The van der Waals surface area contributed by atoms with Crippen LogP contribution in [0.4, 0.5) is 0 Å². The predicted molar refractivity (Wildman–Crippen MR) is 101 cm³/mol. The monoisotopic (exact) mass is 383 g/mol. The first-order valence-electron chi connectivity index (χ1n) is 8.72. The Kier molecular flexibility index (Phi) is 5.59. The van der Waals surface area contributed by atoms with Gasteiger partial charge in [0, 0.05) is 7.05 Å². The summed E-state index contributed by atoms with van der Waals surface area (Å²) in [5, 5.41) is 11.8. The van der Waals surface area contributed by atoms with Gasteiger partial charge in [-0.05, 0) is 48.6 Å². The second-order valence-corrected chi connectivity index (χ2v) is 8.74. The first-order chi connectivity index (χ1) is 12.9. The van der Waals surface area contributed by atoms with Crippen LogP contribution in [0.2, 0.25) is 0 Å². The van der Waals surface area contributed by atoms with E-state index in [2.05, 4.69) is 5.32 Å². The summed E-state index contributed by atoms with van der Waals surface area (Å²) in [5.41, 5.74) is 1.41. The Balaban J connectivity index is 1.68. The van der Waals surface area contributed by atoms with Crippen LogP contribution in [0.5, 0.6) is 0 Å². The molecule has 1 aliphatic rings. The minimum atomic E-state index is -3.80. The lowest BCUT2D eigenvalue weighted by molar-refractivity contribution is -0.122. The molecule has 140 valence electrons. The van der Waals surface area contributed by atoms with Crippen molar-refractivity contribution in [3.63, 3.8) is 0 Å². The third-order valence-corrected chi connectivity index (χ3v) is 6.44. The van der Waals surface area contributed by atoms with Crippen molar-refractivity contribution in [3.05, 3.63) is 65.7 Å². The molecular weight excluding hydrogens is 362 g/mol. The number of nitrogens with zero attached hydrogens (tertiary/aromatic N) is 2. The van der Waals surface area contributed by atoms with E-state index < -0.39 is 10.0 Å². The van der Waals surface area contributed by atoms with Gasteiger partial charge in [-0.1, -0.05) is 30.3 Å². The summed E-state index contributed by atoms with van der Waals surface area (Å²) in [5.74, 6) is 0.0623. The maximum Gasteiger partial charge on any atom is 0.243 e. The van der Waals surface area contributed by atoms with Crippen molar-refractivity contribution >= 4 is 15.9 Å². The Hall–Kier alpha value is -2.69. The van der Waals surface area contributed by atoms with Crippen LogP contribution in [0, 0.1) is 17.2 Å². The SMILES string of the molecule is CN(CC(=O)N[C@H](c1ccccc1)C1CC1)S(=O)(=O)c1ccc(C#N)cc1. The van der Waals surface area contributed by atoms with Crippen molar-refractivity contribution in [3.8, 4) is 6.07 Å². The fraction of sp³-hybridized carbons (Fsp3) is 0.300. The van der Waals surface area contributed by atoms with Crippen molar-refractivity contribution in [1.82, 2.24) is 9.62 Å². The highest BCUT2D eigenvalue weighted by Crippen LogP contribution is 2.40. The first-order valence-corrected chi connectivity index (χ1v) is 10.2. The van der Waals surface area contributed by atoms with Crippen LogP contribution >= 0.6 is 0 Å². The minimum absolute atomic E-state index is 0.0543. The van der Waals surface area contributed by atoms with E-state index in [-0.39, 0.29) is 23.4 Å². The van der Waals surface area contributed by atoms with Crippen LogP contribution < -0.4 is 5.32 Å². The van der Waals surface area contributed by atoms with Gasteiger partial charge < -0.3 is 5.32 Å². The number of sulfonamides is 1. The number of rotatable bonds is 7. The van der Waals surface area contributed by atoms with E-state index in [4.69, 9.17) is 5.26 Å². The lowest BCUT2D eigenvalue weighted by Gasteiger charge is -2.22. The molecule has 2 aromatic rings. The van der Waals surface area contributed by atoms with Gasteiger partial charge in [-0.2, -0.15) is 9.57 Å². The van der Waals surface area contributed by atoms with Crippen molar-refractivity contribution in [2.45, 2.75) is 23.8 Å². The third kappa shape index (κ3) is 4.54. The zero-order valence-corrected chi connectivity index (χ0v) is 15.8. The zero-order valence-electron chi connectivity index (χ0n) is 15.0. The molecule has 1 N–H and O–H groups in total. The number of hydrogen-bond acceptors (Lipinski definition) is 4. The summed E-state index contributed by atoms with van der Waals surface area (Å²) >= 11 is 0. The van der Waals surface area contributed by atoms with E-state index in [1.807, 2.05) is 36.4 Å². The maximum absolute atomic E-state index is 12.6. The maximum atomic E-state index is 12.6. The van der Waals surface area contributed by atoms with E-state index in [0.29, 0.717) is 11.5 Å². The normalized spacial score (nSPS) is 15.1. The van der Waals surface area contributed by atoms with Gasteiger partial charge in [0.2, 0.25) is 15.9 Å². The van der Waals surface area contributed by atoms with E-state index in [0.717, 1.165) is 22.7 Å². The van der Waals surface area contributed by atoms with Crippen LogP contribution in [-0.4, -0.2) is 32.2 Å². The van der Waals surface area contributed by atoms with Gasteiger partial charge >= 0.3 is 0 Å². The van der Waals surface area contributed by atoms with Gasteiger partial charge in [0.25, 0.3) is 0 Å². The van der Waals surface area contributed by atoms with Crippen LogP contribution in [0.25, 0.3) is 0 Å². The van der Waals surface area contributed by atoms with Crippen LogP contribution in [-0.2, 0) is 14.8 Å². The van der Waals surface area contributed by atoms with Gasteiger partial charge in [-0.3, -0.25) is 4.79 Å². The number of nitrogens with one attached hydrogen (secondary N) is 1. The van der Waals surface area contributed by atoms with Crippen LogP contribution in [0.3, 0.4) is 0 Å². The number of amides is 1. The Morgan fingerprint density at radius 3 is 2.37 bits per heavy atom. The molecule has 0 spiro atoms. The predicted octanol–water partition coefficient (Wildman–Crippen LogP) is 2.45. The summed E-state index contributed by atoms with van der Waals surface area (Å²) in [6.45, 7) is -0.265. The molecule has 7 heteroatoms. The molecule has 1 saturated carbocycles. The van der Waals surface area contributed by atoms with E-state index in [9.17, 15) is 13.2 Å². The van der Waals surface area contributed by atoms with E-state index >= 15 is 0 Å². The first kappa shape index (κ1) is 19.1. The molecule has 1 aliphatic carbocycles. The highest BCUT2D eigenvalue weighted by atomic mass is 32.2. The Labute approximate surface area is 159 Å². The highest BCUT2D eigenvalue weighted by Gasteiger charge is 2.34. The molecule has 6 nitrogen and oxygen atoms in total. The van der Waals surface area contributed by atoms with Crippen molar-refractivity contribution in [1.29, 1.82) is 5.26 Å². The molecule has 1 fully saturated rings. The van der Waals surface area contributed by atoms with Crippen LogP contribution in [0.15, 0.2) is 59.5 Å². The van der Waals surface area contributed by atoms with Gasteiger partial charge in [-0.15, -0.1) is 0 Å². The standard InChI is InChI=1S/C20H21N3O3S/c1-23(27(25,26)18-11-7-15(13-21)8-12-18)14-19(24)22-20(17-9-10-17)16-5-3-2-4-6-16/h2-8,11-12,17,20H,9-10,14H2,1H3,(H,22,24)/t20-/m1/s1. The van der Waals surface area contributed by atoms with Crippen LogP contribution in [0.1, 0.15) is 30.0 Å². The number of benzene rings is 2. The van der Waals surface area contributed by atoms with Gasteiger partial charge in [0.15, 0.2) is 0 Å². The molecular formula is C20H21N3O3S. The second kappa shape index (κ2) is 7.91.